The van der Waals surface area contributed by atoms with E-state index in [4.69, 9.17) is 0 Å². The third-order valence-corrected chi connectivity index (χ3v) is 6.46. The van der Waals surface area contributed by atoms with Crippen LogP contribution in [0.2, 0.25) is 0 Å². The second-order valence-corrected chi connectivity index (χ2v) is 8.81. The van der Waals surface area contributed by atoms with E-state index in [0.717, 1.165) is 38.3 Å². The van der Waals surface area contributed by atoms with Crippen molar-refractivity contribution in [2.75, 3.05) is 0 Å². The first kappa shape index (κ1) is 19.0. The molecular weight excluding hydrogens is 436 g/mol. The highest BCUT2D eigenvalue weighted by Crippen LogP contribution is 2.36. The highest BCUT2D eigenvalue weighted by Gasteiger charge is 2.35. The molecule has 3 aromatic rings. The summed E-state index contributed by atoms with van der Waals surface area (Å²) in [5.74, 6) is -0.243. The number of benzene rings is 2. The molecule has 1 aliphatic heterocycles. The van der Waals surface area contributed by atoms with E-state index in [1.54, 1.807) is 0 Å². The van der Waals surface area contributed by atoms with Crippen LogP contribution >= 0.6 is 27.7 Å². The van der Waals surface area contributed by atoms with Crippen LogP contribution in [0.3, 0.4) is 0 Å². The lowest BCUT2D eigenvalue weighted by atomic mass is 10.1. The van der Waals surface area contributed by atoms with E-state index in [-0.39, 0.29) is 17.7 Å². The maximum atomic E-state index is 12.9. The van der Waals surface area contributed by atoms with Gasteiger partial charge in [-0.1, -0.05) is 52.3 Å². The van der Waals surface area contributed by atoms with Crippen LogP contribution in [-0.4, -0.2) is 20.6 Å². The van der Waals surface area contributed by atoms with Gasteiger partial charge in [-0.2, -0.15) is 0 Å². The maximum absolute atomic E-state index is 12.9. The van der Waals surface area contributed by atoms with Crippen molar-refractivity contribution in [2.24, 2.45) is 0 Å². The average Bonchev–Trinajstić information content (AvgIpc) is 3.17. The molecule has 0 N–H and O–H groups in total. The Bertz CT molecular complexity index is 1120. The molecule has 1 aliphatic rings. The fourth-order valence-electron chi connectivity index (χ4n) is 3.35. The molecule has 1 fully saturated rings. The summed E-state index contributed by atoms with van der Waals surface area (Å²) in [7, 11) is 0. The quantitative estimate of drug-likeness (QED) is 0.439. The number of aromatic nitrogens is 1. The molecule has 1 aromatic heterocycles. The number of nitrogens with zero attached hydrogens (tertiary/aromatic N) is 2. The molecule has 1 saturated heterocycles. The molecule has 6 heteroatoms. The highest BCUT2D eigenvalue weighted by atomic mass is 79.9. The summed E-state index contributed by atoms with van der Waals surface area (Å²) in [5.41, 5.74) is 2.98. The number of fused-ring (bicyclic) bond motifs is 1. The molecule has 28 heavy (non-hydrogen) atoms. The average molecular weight is 455 g/mol. The van der Waals surface area contributed by atoms with Gasteiger partial charge in [-0.25, -0.2) is 0 Å². The predicted octanol–water partition coefficient (Wildman–Crippen LogP) is 6.22. The van der Waals surface area contributed by atoms with Crippen LogP contribution in [0, 0.1) is 0 Å². The van der Waals surface area contributed by atoms with E-state index in [1.807, 2.05) is 48.5 Å². The fraction of sp³-hybridized carbons (Fsp3) is 0.182. The van der Waals surface area contributed by atoms with E-state index in [1.165, 1.54) is 4.90 Å². The van der Waals surface area contributed by atoms with Gasteiger partial charge in [-0.05, 0) is 49.4 Å². The van der Waals surface area contributed by atoms with Crippen molar-refractivity contribution in [1.29, 1.82) is 0 Å². The van der Waals surface area contributed by atoms with E-state index in [9.17, 15) is 9.59 Å². The molecule has 4 nitrogen and oxygen atoms in total. The van der Waals surface area contributed by atoms with Gasteiger partial charge in [0.2, 0.25) is 0 Å². The van der Waals surface area contributed by atoms with Crippen molar-refractivity contribution < 1.29 is 9.59 Å². The van der Waals surface area contributed by atoms with Gasteiger partial charge in [0, 0.05) is 33.2 Å². The molecule has 4 rings (SSSR count). The summed E-state index contributed by atoms with van der Waals surface area (Å²) in [6, 6.07) is 16.0. The minimum Gasteiger partial charge on any atom is -0.344 e. The molecule has 2 amide bonds. The first-order chi connectivity index (χ1) is 13.5. The number of rotatable bonds is 4. The largest absolute Gasteiger partial charge is 0.344 e. The number of carbonyl (C=O) groups is 2. The molecule has 0 aliphatic carbocycles. The van der Waals surface area contributed by atoms with Crippen molar-refractivity contribution >= 4 is 55.8 Å². The number of para-hydroxylation sites is 1. The molecule has 0 radical (unpaired) electrons. The summed E-state index contributed by atoms with van der Waals surface area (Å²) >= 11 is 4.48. The molecule has 0 atom stereocenters. The molecule has 2 aromatic carbocycles. The van der Waals surface area contributed by atoms with Crippen LogP contribution in [0.4, 0.5) is 4.79 Å². The number of amides is 2. The Labute approximate surface area is 176 Å². The van der Waals surface area contributed by atoms with Crippen molar-refractivity contribution in [3.05, 3.63) is 75.2 Å². The number of hydrogen-bond acceptors (Lipinski definition) is 3. The Kier molecular flexibility index (Phi) is 5.17. The van der Waals surface area contributed by atoms with Gasteiger partial charge < -0.3 is 4.57 Å². The van der Waals surface area contributed by atoms with Crippen molar-refractivity contribution in [3.63, 3.8) is 0 Å². The Hall–Kier alpha value is -2.31. The summed E-state index contributed by atoms with van der Waals surface area (Å²) in [4.78, 5) is 27.2. The molecule has 0 bridgehead atoms. The maximum Gasteiger partial charge on any atom is 0.293 e. The van der Waals surface area contributed by atoms with E-state index >= 15 is 0 Å². The van der Waals surface area contributed by atoms with E-state index in [2.05, 4.69) is 46.6 Å². The van der Waals surface area contributed by atoms with Crippen LogP contribution in [0.25, 0.3) is 17.0 Å². The SMILES string of the molecule is CC(C)n1cc(/C=C2/SC(=O)N(Cc3ccccc3Br)C2=O)c2ccccc21. The summed E-state index contributed by atoms with van der Waals surface area (Å²) in [6.07, 6.45) is 3.89. The Morgan fingerprint density at radius 3 is 2.54 bits per heavy atom. The van der Waals surface area contributed by atoms with Gasteiger partial charge in [0.1, 0.15) is 0 Å². The summed E-state index contributed by atoms with van der Waals surface area (Å²) in [6.45, 7) is 4.51. The minimum atomic E-state index is -0.243. The topological polar surface area (TPSA) is 42.3 Å². The molecule has 142 valence electrons. The molecule has 0 unspecified atom stereocenters. The third-order valence-electron chi connectivity index (χ3n) is 4.77. The van der Waals surface area contributed by atoms with Crippen LogP contribution in [0.5, 0.6) is 0 Å². The first-order valence-corrected chi connectivity index (χ1v) is 10.6. The molecule has 0 spiro atoms. The zero-order chi connectivity index (χ0) is 19.8. The zero-order valence-corrected chi connectivity index (χ0v) is 18.0. The number of carbonyl (C=O) groups excluding carboxylic acids is 2. The molecule has 0 saturated carbocycles. The number of halogens is 1. The van der Waals surface area contributed by atoms with E-state index < -0.39 is 0 Å². The third kappa shape index (κ3) is 3.42. The van der Waals surface area contributed by atoms with Gasteiger partial charge >= 0.3 is 0 Å². The van der Waals surface area contributed by atoms with Crippen molar-refractivity contribution in [1.82, 2.24) is 9.47 Å². The Morgan fingerprint density at radius 2 is 1.79 bits per heavy atom. The summed E-state index contributed by atoms with van der Waals surface area (Å²) < 4.78 is 3.07. The summed E-state index contributed by atoms with van der Waals surface area (Å²) in [5, 5.41) is 0.841. The van der Waals surface area contributed by atoms with Gasteiger partial charge in [0.25, 0.3) is 11.1 Å². The molecular formula is C22H19BrN2O2S. The van der Waals surface area contributed by atoms with Crippen LogP contribution in [0.1, 0.15) is 31.0 Å². The van der Waals surface area contributed by atoms with Crippen LogP contribution in [0.15, 0.2) is 64.1 Å². The van der Waals surface area contributed by atoms with E-state index in [0.29, 0.717) is 10.9 Å². The van der Waals surface area contributed by atoms with Crippen LogP contribution in [-0.2, 0) is 11.3 Å². The Morgan fingerprint density at radius 1 is 1.07 bits per heavy atom. The lowest BCUT2D eigenvalue weighted by Crippen LogP contribution is -2.27. The molecule has 2 heterocycles. The number of imide groups is 1. The second-order valence-electron chi connectivity index (χ2n) is 6.96. The standard InChI is InChI=1S/C22H19BrN2O2S/c1-14(2)24-13-16(17-8-4-6-10-19(17)24)11-20-21(26)25(22(27)28-20)12-15-7-3-5-9-18(15)23/h3-11,13-14H,12H2,1-2H3/b20-11+. The highest BCUT2D eigenvalue weighted by molar-refractivity contribution is 9.10. The number of hydrogen-bond donors (Lipinski definition) is 0. The number of thioether (sulfide) groups is 1. The van der Waals surface area contributed by atoms with Gasteiger partial charge in [0.05, 0.1) is 11.4 Å². The minimum absolute atomic E-state index is 0.236. The van der Waals surface area contributed by atoms with Crippen molar-refractivity contribution in [3.8, 4) is 0 Å². The lowest BCUT2D eigenvalue weighted by molar-refractivity contribution is -0.123. The normalized spacial score (nSPS) is 16.1. The Balaban J connectivity index is 1.68. The predicted molar refractivity (Wildman–Crippen MR) is 118 cm³/mol. The van der Waals surface area contributed by atoms with Gasteiger partial charge in [0.15, 0.2) is 0 Å². The lowest BCUT2D eigenvalue weighted by Gasteiger charge is -2.13. The smallest absolute Gasteiger partial charge is 0.293 e. The monoisotopic (exact) mass is 454 g/mol. The van der Waals surface area contributed by atoms with Gasteiger partial charge in [-0.3, -0.25) is 14.5 Å². The first-order valence-electron chi connectivity index (χ1n) is 9.04. The van der Waals surface area contributed by atoms with Gasteiger partial charge in [-0.15, -0.1) is 0 Å². The fourth-order valence-corrected chi connectivity index (χ4v) is 4.59. The second kappa shape index (κ2) is 7.60. The van der Waals surface area contributed by atoms with Crippen LogP contribution < -0.4 is 0 Å². The van der Waals surface area contributed by atoms with Crippen molar-refractivity contribution in [2.45, 2.75) is 26.4 Å². The zero-order valence-electron chi connectivity index (χ0n) is 15.6.